The minimum Gasteiger partial charge on any atom is -0.345 e. The highest BCUT2D eigenvalue weighted by atomic mass is 16.2. The van der Waals surface area contributed by atoms with Crippen LogP contribution in [0.3, 0.4) is 0 Å². The largest absolute Gasteiger partial charge is 0.345 e. The van der Waals surface area contributed by atoms with Crippen LogP contribution >= 0.6 is 0 Å². The van der Waals surface area contributed by atoms with E-state index in [1.807, 2.05) is 29.2 Å². The number of rotatable bonds is 3. The van der Waals surface area contributed by atoms with Crippen molar-refractivity contribution >= 4 is 11.9 Å². The van der Waals surface area contributed by atoms with Gasteiger partial charge in [0.1, 0.15) is 5.82 Å². The van der Waals surface area contributed by atoms with Crippen molar-refractivity contribution in [1.29, 1.82) is 0 Å². The molecule has 1 aromatic carbocycles. The Morgan fingerprint density at radius 3 is 2.28 bits per heavy atom. The second kappa shape index (κ2) is 6.72. The fraction of sp³-hybridized carbons (Fsp3) is 0.222. The molecule has 2 aromatic heterocycles. The van der Waals surface area contributed by atoms with E-state index in [0.717, 1.165) is 30.4 Å². The van der Waals surface area contributed by atoms with Crippen molar-refractivity contribution in [2.45, 2.75) is 0 Å². The number of anilines is 1. The normalized spacial score (nSPS) is 14.6. The number of H-pyrrole nitrogens is 1. The van der Waals surface area contributed by atoms with Gasteiger partial charge in [-0.25, -0.2) is 15.0 Å². The van der Waals surface area contributed by atoms with E-state index >= 15 is 0 Å². The summed E-state index contributed by atoms with van der Waals surface area (Å²) in [4.78, 5) is 32.5. The van der Waals surface area contributed by atoms with Crippen LogP contribution < -0.4 is 4.90 Å². The van der Waals surface area contributed by atoms with Gasteiger partial charge in [0, 0.05) is 62.1 Å². The first-order valence-corrected chi connectivity index (χ1v) is 8.22. The summed E-state index contributed by atoms with van der Waals surface area (Å²) in [7, 11) is 0. The fourth-order valence-corrected chi connectivity index (χ4v) is 2.94. The van der Waals surface area contributed by atoms with Crippen molar-refractivity contribution < 1.29 is 4.79 Å². The second-order valence-corrected chi connectivity index (χ2v) is 5.84. The zero-order chi connectivity index (χ0) is 17.1. The van der Waals surface area contributed by atoms with E-state index in [1.165, 1.54) is 0 Å². The molecule has 0 radical (unpaired) electrons. The Morgan fingerprint density at radius 1 is 0.920 bits per heavy atom. The van der Waals surface area contributed by atoms with E-state index in [0.29, 0.717) is 18.7 Å². The van der Waals surface area contributed by atoms with Crippen molar-refractivity contribution in [1.82, 2.24) is 24.8 Å². The molecule has 0 atom stereocenters. The summed E-state index contributed by atoms with van der Waals surface area (Å²) in [6.07, 6.45) is 6.97. The number of aromatic amines is 1. The number of nitrogens with zero attached hydrogens (tertiary/aromatic N) is 5. The molecule has 0 aliphatic carbocycles. The summed E-state index contributed by atoms with van der Waals surface area (Å²) in [6.45, 7) is 2.80. The Balaban J connectivity index is 1.40. The van der Waals surface area contributed by atoms with Crippen molar-refractivity contribution in [3.8, 4) is 11.4 Å². The van der Waals surface area contributed by atoms with Crippen LogP contribution in [-0.4, -0.2) is 56.9 Å². The van der Waals surface area contributed by atoms with Crippen LogP contribution in [-0.2, 0) is 0 Å². The van der Waals surface area contributed by atoms with Crippen LogP contribution in [0.1, 0.15) is 10.4 Å². The number of imidazole rings is 1. The highest BCUT2D eigenvalue weighted by Crippen LogP contribution is 2.17. The summed E-state index contributed by atoms with van der Waals surface area (Å²) in [5.41, 5.74) is 1.66. The van der Waals surface area contributed by atoms with Gasteiger partial charge >= 0.3 is 0 Å². The number of carbonyl (C=O) groups is 1. The summed E-state index contributed by atoms with van der Waals surface area (Å²) in [6, 6.07) is 9.34. The Hall–Kier alpha value is -3.22. The van der Waals surface area contributed by atoms with Gasteiger partial charge in [0.2, 0.25) is 5.95 Å². The number of nitrogens with one attached hydrogen (secondary N) is 1. The van der Waals surface area contributed by atoms with Crippen LogP contribution in [0, 0.1) is 0 Å². The molecular formula is C18H18N6O. The van der Waals surface area contributed by atoms with Crippen LogP contribution in [0.15, 0.2) is 55.1 Å². The van der Waals surface area contributed by atoms with E-state index in [9.17, 15) is 4.79 Å². The molecule has 7 nitrogen and oxygen atoms in total. The lowest BCUT2D eigenvalue weighted by Crippen LogP contribution is -2.49. The van der Waals surface area contributed by atoms with E-state index in [2.05, 4.69) is 24.8 Å². The van der Waals surface area contributed by atoms with Crippen molar-refractivity contribution in [2.75, 3.05) is 31.1 Å². The Kier molecular flexibility index (Phi) is 4.12. The zero-order valence-electron chi connectivity index (χ0n) is 13.7. The van der Waals surface area contributed by atoms with Gasteiger partial charge in [-0.1, -0.05) is 12.1 Å². The van der Waals surface area contributed by atoms with Crippen molar-refractivity contribution in [3.05, 3.63) is 60.7 Å². The first kappa shape index (κ1) is 15.3. The highest BCUT2D eigenvalue weighted by Gasteiger charge is 2.23. The molecule has 25 heavy (non-hydrogen) atoms. The molecule has 0 spiro atoms. The van der Waals surface area contributed by atoms with Crippen LogP contribution in [0.25, 0.3) is 11.4 Å². The van der Waals surface area contributed by atoms with E-state index in [4.69, 9.17) is 0 Å². The molecule has 0 saturated carbocycles. The molecular weight excluding hydrogens is 316 g/mol. The molecule has 126 valence electrons. The minimum absolute atomic E-state index is 0.0552. The van der Waals surface area contributed by atoms with Gasteiger partial charge in [-0.2, -0.15) is 0 Å². The molecule has 4 rings (SSSR count). The predicted octanol–water partition coefficient (Wildman–Crippen LogP) is 1.83. The van der Waals surface area contributed by atoms with E-state index in [-0.39, 0.29) is 5.91 Å². The molecule has 0 unspecified atom stereocenters. The van der Waals surface area contributed by atoms with Gasteiger partial charge < -0.3 is 14.8 Å². The molecule has 3 heterocycles. The zero-order valence-corrected chi connectivity index (χ0v) is 13.7. The third kappa shape index (κ3) is 3.21. The van der Waals surface area contributed by atoms with Gasteiger partial charge in [0.15, 0.2) is 0 Å². The number of carbonyl (C=O) groups excluding carboxylic acids is 1. The molecule has 1 saturated heterocycles. The lowest BCUT2D eigenvalue weighted by molar-refractivity contribution is 0.0746. The predicted molar refractivity (Wildman–Crippen MR) is 94.2 cm³/mol. The molecule has 7 heteroatoms. The Morgan fingerprint density at radius 2 is 1.64 bits per heavy atom. The molecule has 3 aromatic rings. The van der Waals surface area contributed by atoms with Gasteiger partial charge in [-0.15, -0.1) is 0 Å². The fourth-order valence-electron chi connectivity index (χ4n) is 2.94. The highest BCUT2D eigenvalue weighted by molar-refractivity contribution is 5.94. The molecule has 1 aliphatic rings. The molecule has 1 N–H and O–H groups in total. The molecule has 1 aliphatic heterocycles. The summed E-state index contributed by atoms with van der Waals surface area (Å²) < 4.78 is 0. The van der Waals surface area contributed by atoms with Gasteiger partial charge in [-0.05, 0) is 18.2 Å². The topological polar surface area (TPSA) is 78.0 Å². The van der Waals surface area contributed by atoms with E-state index in [1.54, 1.807) is 30.9 Å². The smallest absolute Gasteiger partial charge is 0.253 e. The summed E-state index contributed by atoms with van der Waals surface area (Å²) >= 11 is 0. The van der Waals surface area contributed by atoms with Crippen LogP contribution in [0.5, 0.6) is 0 Å². The standard InChI is InChI=1S/C18H18N6O/c25-17(15-4-2-14(3-5-15)16-19-8-9-20-16)23-10-12-24(13-11-23)18-21-6-1-7-22-18/h1-9H,10-13H2,(H,19,20). The quantitative estimate of drug-likeness (QED) is 0.791. The molecule has 0 bridgehead atoms. The minimum atomic E-state index is 0.0552. The summed E-state index contributed by atoms with van der Waals surface area (Å²) in [5.74, 6) is 1.58. The lowest BCUT2D eigenvalue weighted by atomic mass is 10.1. The van der Waals surface area contributed by atoms with Crippen LogP contribution in [0.2, 0.25) is 0 Å². The number of amides is 1. The SMILES string of the molecule is O=C(c1ccc(-c2ncc[nH]2)cc1)N1CCN(c2ncccn2)CC1. The van der Waals surface area contributed by atoms with E-state index < -0.39 is 0 Å². The van der Waals surface area contributed by atoms with Crippen LogP contribution in [0.4, 0.5) is 5.95 Å². The Labute approximate surface area is 145 Å². The van der Waals surface area contributed by atoms with Crippen molar-refractivity contribution in [2.24, 2.45) is 0 Å². The van der Waals surface area contributed by atoms with Gasteiger partial charge in [-0.3, -0.25) is 4.79 Å². The number of hydrogen-bond acceptors (Lipinski definition) is 5. The average Bonchev–Trinajstić information content (AvgIpc) is 3.23. The maximum absolute atomic E-state index is 12.7. The van der Waals surface area contributed by atoms with Gasteiger partial charge in [0.05, 0.1) is 0 Å². The number of piperazine rings is 1. The van der Waals surface area contributed by atoms with Crippen molar-refractivity contribution in [3.63, 3.8) is 0 Å². The number of benzene rings is 1. The third-order valence-electron chi connectivity index (χ3n) is 4.31. The average molecular weight is 334 g/mol. The summed E-state index contributed by atoms with van der Waals surface area (Å²) in [5, 5.41) is 0. The monoisotopic (exact) mass is 334 g/mol. The third-order valence-corrected chi connectivity index (χ3v) is 4.31. The molecule has 1 amide bonds. The maximum atomic E-state index is 12.7. The first-order valence-electron chi connectivity index (χ1n) is 8.22. The lowest BCUT2D eigenvalue weighted by Gasteiger charge is -2.34. The number of aromatic nitrogens is 4. The first-order chi connectivity index (χ1) is 12.3. The second-order valence-electron chi connectivity index (χ2n) is 5.84. The number of hydrogen-bond donors (Lipinski definition) is 1. The Bertz CT molecular complexity index is 824. The van der Waals surface area contributed by atoms with Gasteiger partial charge in [0.25, 0.3) is 5.91 Å². The molecule has 1 fully saturated rings. The maximum Gasteiger partial charge on any atom is 0.253 e.